The number of nitriles is 1. The number of ether oxygens (including phenoxy) is 3. The second kappa shape index (κ2) is 12.5. The molecule has 2 atom stereocenters. The zero-order chi connectivity index (χ0) is 23.4. The highest BCUT2D eigenvalue weighted by molar-refractivity contribution is 5.98. The molecule has 8 nitrogen and oxygen atoms in total. The maximum atomic E-state index is 12.9. The second-order valence-electron chi connectivity index (χ2n) is 6.86. The monoisotopic (exact) mass is 431 g/mol. The molecule has 0 unspecified atom stereocenters. The van der Waals surface area contributed by atoms with E-state index >= 15 is 0 Å². The molecule has 0 aromatic heterocycles. The number of rotatable bonds is 12. The summed E-state index contributed by atoms with van der Waals surface area (Å²) in [6.07, 6.45) is -0.383. The van der Waals surface area contributed by atoms with Gasteiger partial charge in [0.1, 0.15) is 0 Å². The first-order valence-electron chi connectivity index (χ1n) is 10.3. The lowest BCUT2D eigenvalue weighted by Crippen LogP contribution is -2.47. The Balaban J connectivity index is 3.34. The Bertz CT molecular complexity index is 797. The molecule has 8 heteroatoms. The minimum atomic E-state index is -1.93. The number of hydrogen-bond donors (Lipinski definition) is 0. The van der Waals surface area contributed by atoms with Crippen LogP contribution in [0.2, 0.25) is 0 Å². The van der Waals surface area contributed by atoms with Crippen LogP contribution in [0.4, 0.5) is 0 Å². The van der Waals surface area contributed by atoms with Crippen LogP contribution in [-0.4, -0.2) is 43.5 Å². The Kier molecular flexibility index (Phi) is 10.4. The van der Waals surface area contributed by atoms with Gasteiger partial charge in [0.25, 0.3) is 0 Å². The number of Topliss-reactive ketones (excluding diaryl/α,β-unsaturated/α-hetero) is 1. The second-order valence-corrected chi connectivity index (χ2v) is 6.86. The van der Waals surface area contributed by atoms with E-state index in [1.807, 2.05) is 6.07 Å². The summed E-state index contributed by atoms with van der Waals surface area (Å²) < 4.78 is 15.1. The van der Waals surface area contributed by atoms with E-state index in [4.69, 9.17) is 14.2 Å². The Morgan fingerprint density at radius 2 is 1.45 bits per heavy atom. The van der Waals surface area contributed by atoms with Gasteiger partial charge < -0.3 is 14.2 Å². The van der Waals surface area contributed by atoms with Gasteiger partial charge in [-0.2, -0.15) is 5.26 Å². The summed E-state index contributed by atoms with van der Waals surface area (Å²) in [5.41, 5.74) is -1.50. The fourth-order valence-corrected chi connectivity index (χ4v) is 3.31. The highest BCUT2D eigenvalue weighted by Crippen LogP contribution is 2.40. The van der Waals surface area contributed by atoms with Gasteiger partial charge in [-0.25, -0.2) is 0 Å². The Morgan fingerprint density at radius 3 is 1.90 bits per heavy atom. The van der Waals surface area contributed by atoms with E-state index in [0.29, 0.717) is 5.56 Å². The van der Waals surface area contributed by atoms with Crippen molar-refractivity contribution in [3.63, 3.8) is 0 Å². The van der Waals surface area contributed by atoms with Crippen molar-refractivity contribution in [1.29, 1.82) is 5.26 Å². The van der Waals surface area contributed by atoms with Crippen molar-refractivity contribution in [2.75, 3.05) is 19.8 Å². The van der Waals surface area contributed by atoms with Crippen molar-refractivity contribution in [3.05, 3.63) is 35.9 Å². The quantitative estimate of drug-likeness (QED) is 0.214. The lowest BCUT2D eigenvalue weighted by molar-refractivity contribution is -0.169. The molecule has 0 saturated carbocycles. The van der Waals surface area contributed by atoms with E-state index in [9.17, 15) is 24.4 Å². The first-order valence-corrected chi connectivity index (χ1v) is 10.3. The molecule has 168 valence electrons. The van der Waals surface area contributed by atoms with Gasteiger partial charge >= 0.3 is 17.9 Å². The number of carbonyl (C=O) groups is 4. The predicted octanol–water partition coefficient (Wildman–Crippen LogP) is 3.10. The van der Waals surface area contributed by atoms with Crippen molar-refractivity contribution in [1.82, 2.24) is 0 Å². The van der Waals surface area contributed by atoms with Crippen LogP contribution >= 0.6 is 0 Å². The predicted molar refractivity (Wildman–Crippen MR) is 111 cm³/mol. The average molecular weight is 431 g/mol. The SMILES string of the molecule is CCOC(=O)C(C(=O)OCC)[C@@H](C)[C@](C#N)(CCC(=O)c1ccccc1)C(=O)OCC. The summed E-state index contributed by atoms with van der Waals surface area (Å²) in [5.74, 6) is -5.64. The highest BCUT2D eigenvalue weighted by atomic mass is 16.6. The normalized spacial score (nSPS) is 13.4. The summed E-state index contributed by atoms with van der Waals surface area (Å²) >= 11 is 0. The van der Waals surface area contributed by atoms with Gasteiger partial charge in [-0.05, 0) is 27.2 Å². The minimum Gasteiger partial charge on any atom is -0.465 e. The molecule has 31 heavy (non-hydrogen) atoms. The molecule has 0 heterocycles. The van der Waals surface area contributed by atoms with E-state index in [2.05, 4.69) is 0 Å². The summed E-state index contributed by atoms with van der Waals surface area (Å²) in [5, 5.41) is 10.0. The number of benzene rings is 1. The Labute approximate surface area is 182 Å². The molecular formula is C23H29NO7. The zero-order valence-electron chi connectivity index (χ0n) is 18.4. The van der Waals surface area contributed by atoms with Crippen LogP contribution in [0, 0.1) is 28.6 Å². The molecule has 1 aromatic carbocycles. The van der Waals surface area contributed by atoms with Gasteiger partial charge in [-0.3, -0.25) is 19.2 Å². The van der Waals surface area contributed by atoms with Crippen molar-refractivity contribution in [2.24, 2.45) is 17.3 Å². The lowest BCUT2D eigenvalue weighted by atomic mass is 9.68. The molecule has 1 rings (SSSR count). The molecule has 0 radical (unpaired) electrons. The minimum absolute atomic E-state index is 0.00686. The number of esters is 3. The first kappa shape index (κ1) is 25.8. The van der Waals surface area contributed by atoms with Crippen molar-refractivity contribution in [3.8, 4) is 6.07 Å². The van der Waals surface area contributed by atoms with Crippen LogP contribution in [0.1, 0.15) is 50.9 Å². The van der Waals surface area contributed by atoms with Gasteiger partial charge in [-0.1, -0.05) is 37.3 Å². The van der Waals surface area contributed by atoms with Crippen molar-refractivity contribution < 1.29 is 33.4 Å². The number of nitrogens with zero attached hydrogens (tertiary/aromatic N) is 1. The third kappa shape index (κ3) is 6.38. The summed E-state index contributed by atoms with van der Waals surface area (Å²) in [4.78, 5) is 50.6. The fraction of sp³-hybridized carbons (Fsp3) is 0.522. The summed E-state index contributed by atoms with van der Waals surface area (Å²) in [7, 11) is 0. The fourth-order valence-electron chi connectivity index (χ4n) is 3.31. The van der Waals surface area contributed by atoms with Gasteiger partial charge in [0.15, 0.2) is 17.1 Å². The highest BCUT2D eigenvalue weighted by Gasteiger charge is 2.53. The van der Waals surface area contributed by atoms with Crippen molar-refractivity contribution in [2.45, 2.75) is 40.5 Å². The van der Waals surface area contributed by atoms with Gasteiger partial charge in [0.05, 0.1) is 25.9 Å². The molecule has 0 N–H and O–H groups in total. The Hall–Kier alpha value is -3.21. The summed E-state index contributed by atoms with van der Waals surface area (Å²) in [6, 6.07) is 10.4. The van der Waals surface area contributed by atoms with Gasteiger partial charge in [-0.15, -0.1) is 0 Å². The van der Waals surface area contributed by atoms with Crippen LogP contribution < -0.4 is 0 Å². The molecule has 1 aromatic rings. The Morgan fingerprint density at radius 1 is 0.935 bits per heavy atom. The van der Waals surface area contributed by atoms with Crippen LogP contribution in [-0.2, 0) is 28.6 Å². The largest absolute Gasteiger partial charge is 0.465 e. The first-order chi connectivity index (χ1) is 14.8. The molecule has 0 spiro atoms. The van der Waals surface area contributed by atoms with Crippen LogP contribution in [0.25, 0.3) is 0 Å². The van der Waals surface area contributed by atoms with Crippen LogP contribution in [0.5, 0.6) is 0 Å². The van der Waals surface area contributed by atoms with E-state index in [1.165, 1.54) is 6.92 Å². The third-order valence-electron chi connectivity index (χ3n) is 5.04. The maximum absolute atomic E-state index is 12.9. The molecule has 0 aliphatic rings. The molecule has 0 fully saturated rings. The van der Waals surface area contributed by atoms with Gasteiger partial charge in [0, 0.05) is 17.9 Å². The van der Waals surface area contributed by atoms with Crippen LogP contribution in [0.3, 0.4) is 0 Å². The maximum Gasteiger partial charge on any atom is 0.326 e. The van der Waals surface area contributed by atoms with Crippen LogP contribution in [0.15, 0.2) is 30.3 Å². The lowest BCUT2D eigenvalue weighted by Gasteiger charge is -2.33. The third-order valence-corrected chi connectivity index (χ3v) is 5.04. The molecule has 0 aliphatic carbocycles. The zero-order valence-corrected chi connectivity index (χ0v) is 18.4. The van der Waals surface area contributed by atoms with Crippen molar-refractivity contribution >= 4 is 23.7 Å². The molecule has 0 saturated heterocycles. The number of carbonyl (C=O) groups excluding carboxylic acids is 4. The molecule has 0 aliphatic heterocycles. The van der Waals surface area contributed by atoms with Gasteiger partial charge in [0.2, 0.25) is 0 Å². The number of hydrogen-bond acceptors (Lipinski definition) is 8. The van der Waals surface area contributed by atoms with E-state index in [-0.39, 0.29) is 38.4 Å². The molecular weight excluding hydrogens is 402 g/mol. The molecule has 0 amide bonds. The molecule has 0 bridgehead atoms. The smallest absolute Gasteiger partial charge is 0.326 e. The number of ketones is 1. The standard InChI is InChI=1S/C23H29NO7/c1-5-29-20(26)19(21(27)30-6-2)16(4)23(15-24,22(28)31-7-3)14-13-18(25)17-11-9-8-10-12-17/h8-12,16,19H,5-7,13-14H2,1-4H3/t16-,23-/m1/s1. The topological polar surface area (TPSA) is 120 Å². The van der Waals surface area contributed by atoms with E-state index < -0.39 is 35.2 Å². The summed E-state index contributed by atoms with van der Waals surface area (Å²) in [6.45, 7) is 6.16. The van der Waals surface area contributed by atoms with E-state index in [0.717, 1.165) is 0 Å². The average Bonchev–Trinajstić information content (AvgIpc) is 2.75. The van der Waals surface area contributed by atoms with E-state index in [1.54, 1.807) is 51.1 Å².